The van der Waals surface area contributed by atoms with Crippen molar-refractivity contribution in [2.45, 2.75) is 30.1 Å². The molecule has 0 aromatic carbocycles. The number of rotatable bonds is 3. The SMILES string of the molecule is O=S(=O)(c1ccc(CO)s1)N1CCCCC1. The van der Waals surface area contributed by atoms with Crippen LogP contribution in [0.25, 0.3) is 0 Å². The van der Waals surface area contributed by atoms with Crippen molar-refractivity contribution < 1.29 is 13.5 Å². The summed E-state index contributed by atoms with van der Waals surface area (Å²) in [4.78, 5) is 0.690. The largest absolute Gasteiger partial charge is 0.391 e. The third-order valence-corrected chi connectivity index (χ3v) is 6.14. The van der Waals surface area contributed by atoms with Crippen molar-refractivity contribution in [3.63, 3.8) is 0 Å². The van der Waals surface area contributed by atoms with E-state index in [4.69, 9.17) is 5.11 Å². The number of sulfonamides is 1. The fraction of sp³-hybridized carbons (Fsp3) is 0.600. The van der Waals surface area contributed by atoms with Crippen molar-refractivity contribution in [2.75, 3.05) is 13.1 Å². The van der Waals surface area contributed by atoms with Gasteiger partial charge in [0.1, 0.15) is 4.21 Å². The third-order valence-electron chi connectivity index (χ3n) is 2.70. The van der Waals surface area contributed by atoms with Crippen molar-refractivity contribution >= 4 is 21.4 Å². The summed E-state index contributed by atoms with van der Waals surface area (Å²) >= 11 is 1.15. The molecule has 1 fully saturated rings. The smallest absolute Gasteiger partial charge is 0.252 e. The molecule has 0 unspecified atom stereocenters. The molecule has 0 bridgehead atoms. The van der Waals surface area contributed by atoms with E-state index in [2.05, 4.69) is 0 Å². The Morgan fingerprint density at radius 2 is 1.94 bits per heavy atom. The summed E-state index contributed by atoms with van der Waals surface area (Å²) in [5.41, 5.74) is 0. The zero-order valence-corrected chi connectivity index (χ0v) is 10.6. The van der Waals surface area contributed by atoms with Crippen molar-refractivity contribution in [1.82, 2.24) is 4.31 Å². The maximum atomic E-state index is 12.2. The molecule has 1 saturated heterocycles. The van der Waals surface area contributed by atoms with Gasteiger partial charge in [-0.1, -0.05) is 6.42 Å². The maximum Gasteiger partial charge on any atom is 0.252 e. The summed E-state index contributed by atoms with van der Waals surface area (Å²) in [6.45, 7) is 1.14. The Kier molecular flexibility index (Phi) is 3.63. The second kappa shape index (κ2) is 4.83. The topological polar surface area (TPSA) is 57.6 Å². The second-order valence-electron chi connectivity index (χ2n) is 3.84. The zero-order chi connectivity index (χ0) is 11.6. The van der Waals surface area contributed by atoms with Crippen LogP contribution in [0.15, 0.2) is 16.3 Å². The summed E-state index contributed by atoms with van der Waals surface area (Å²) in [6, 6.07) is 3.25. The summed E-state index contributed by atoms with van der Waals surface area (Å²) < 4.78 is 26.2. The highest BCUT2D eigenvalue weighted by atomic mass is 32.2. The van der Waals surface area contributed by atoms with E-state index in [9.17, 15) is 8.42 Å². The third kappa shape index (κ3) is 2.29. The first kappa shape index (κ1) is 12.0. The summed E-state index contributed by atoms with van der Waals surface area (Å²) in [5, 5.41) is 8.93. The zero-order valence-electron chi connectivity index (χ0n) is 8.92. The Morgan fingerprint density at radius 1 is 1.25 bits per heavy atom. The molecule has 4 nitrogen and oxygen atoms in total. The standard InChI is InChI=1S/C10H15NO3S2/c12-8-9-4-5-10(15-9)16(13,14)11-6-2-1-3-7-11/h4-5,12H,1-3,6-8H2. The van der Waals surface area contributed by atoms with Gasteiger partial charge < -0.3 is 5.11 Å². The van der Waals surface area contributed by atoms with Crippen LogP contribution in [0.4, 0.5) is 0 Å². The Morgan fingerprint density at radius 3 is 2.50 bits per heavy atom. The van der Waals surface area contributed by atoms with Crippen LogP contribution in [-0.4, -0.2) is 30.9 Å². The second-order valence-corrected chi connectivity index (χ2v) is 7.18. The number of aliphatic hydroxyl groups excluding tert-OH is 1. The normalized spacial score (nSPS) is 18.8. The van der Waals surface area contributed by atoms with Crippen molar-refractivity contribution in [3.8, 4) is 0 Å². The lowest BCUT2D eigenvalue weighted by atomic mass is 10.2. The van der Waals surface area contributed by atoms with E-state index in [-0.39, 0.29) is 6.61 Å². The van der Waals surface area contributed by atoms with E-state index in [1.807, 2.05) is 0 Å². The first-order chi connectivity index (χ1) is 7.64. The van der Waals surface area contributed by atoms with Crippen molar-refractivity contribution in [3.05, 3.63) is 17.0 Å². The number of thiophene rings is 1. The van der Waals surface area contributed by atoms with Crippen LogP contribution in [0.5, 0.6) is 0 Å². The number of hydrogen-bond donors (Lipinski definition) is 1. The molecule has 0 saturated carbocycles. The van der Waals surface area contributed by atoms with Crippen LogP contribution in [-0.2, 0) is 16.6 Å². The van der Waals surface area contributed by atoms with Gasteiger partial charge in [0.05, 0.1) is 6.61 Å². The molecule has 90 valence electrons. The molecule has 1 aliphatic rings. The van der Waals surface area contributed by atoms with Crippen LogP contribution in [0, 0.1) is 0 Å². The van der Waals surface area contributed by atoms with Crippen LogP contribution < -0.4 is 0 Å². The van der Waals surface area contributed by atoms with Gasteiger partial charge in [-0.15, -0.1) is 11.3 Å². The molecule has 0 spiro atoms. The molecule has 6 heteroatoms. The van der Waals surface area contributed by atoms with Gasteiger partial charge in [-0.3, -0.25) is 0 Å². The van der Waals surface area contributed by atoms with Gasteiger partial charge in [0.15, 0.2) is 0 Å². The van der Waals surface area contributed by atoms with Gasteiger partial charge in [-0.2, -0.15) is 4.31 Å². The Balaban J connectivity index is 2.23. The molecule has 16 heavy (non-hydrogen) atoms. The average Bonchev–Trinajstić information content (AvgIpc) is 2.79. The van der Waals surface area contributed by atoms with E-state index in [1.54, 1.807) is 16.4 Å². The van der Waals surface area contributed by atoms with E-state index < -0.39 is 10.0 Å². The highest BCUT2D eigenvalue weighted by Gasteiger charge is 2.27. The van der Waals surface area contributed by atoms with Crippen LogP contribution in [0.3, 0.4) is 0 Å². The molecule has 1 N–H and O–H groups in total. The summed E-state index contributed by atoms with van der Waals surface area (Å²) in [6.07, 6.45) is 2.99. The van der Waals surface area contributed by atoms with Gasteiger partial charge in [0, 0.05) is 18.0 Å². The van der Waals surface area contributed by atoms with Gasteiger partial charge >= 0.3 is 0 Å². The van der Waals surface area contributed by atoms with Crippen LogP contribution in [0.2, 0.25) is 0 Å². The lowest BCUT2D eigenvalue weighted by Crippen LogP contribution is -2.35. The lowest BCUT2D eigenvalue weighted by Gasteiger charge is -2.25. The average molecular weight is 261 g/mol. The van der Waals surface area contributed by atoms with Crippen molar-refractivity contribution in [2.24, 2.45) is 0 Å². The lowest BCUT2D eigenvalue weighted by molar-refractivity contribution is 0.285. The van der Waals surface area contributed by atoms with Crippen LogP contribution in [0.1, 0.15) is 24.1 Å². The van der Waals surface area contributed by atoms with Gasteiger partial charge in [-0.25, -0.2) is 8.42 Å². The number of hydrogen-bond acceptors (Lipinski definition) is 4. The molecule has 2 heterocycles. The fourth-order valence-electron chi connectivity index (χ4n) is 1.81. The fourth-order valence-corrected chi connectivity index (χ4v) is 4.70. The Hall–Kier alpha value is -0.430. The molecule has 1 aromatic rings. The van der Waals surface area contributed by atoms with E-state index in [1.165, 1.54) is 0 Å². The van der Waals surface area contributed by atoms with Crippen molar-refractivity contribution in [1.29, 1.82) is 0 Å². The highest BCUT2D eigenvalue weighted by molar-refractivity contribution is 7.91. The number of piperidine rings is 1. The first-order valence-corrected chi connectivity index (χ1v) is 7.60. The highest BCUT2D eigenvalue weighted by Crippen LogP contribution is 2.26. The van der Waals surface area contributed by atoms with E-state index >= 15 is 0 Å². The molecule has 1 aromatic heterocycles. The molecule has 0 aliphatic carbocycles. The Labute approximate surface area is 99.6 Å². The molecule has 0 atom stereocenters. The van der Waals surface area contributed by atoms with E-state index in [0.717, 1.165) is 30.6 Å². The predicted molar refractivity (Wildman–Crippen MR) is 62.9 cm³/mol. The van der Waals surface area contributed by atoms with Gasteiger partial charge in [0.25, 0.3) is 10.0 Å². The quantitative estimate of drug-likeness (QED) is 0.895. The van der Waals surface area contributed by atoms with Gasteiger partial charge in [0.2, 0.25) is 0 Å². The molecular formula is C10H15NO3S2. The summed E-state index contributed by atoms with van der Waals surface area (Å²) in [5.74, 6) is 0. The van der Waals surface area contributed by atoms with E-state index in [0.29, 0.717) is 22.2 Å². The molecule has 1 aliphatic heterocycles. The Bertz CT molecular complexity index is 446. The van der Waals surface area contributed by atoms with Crippen LogP contribution >= 0.6 is 11.3 Å². The monoisotopic (exact) mass is 261 g/mol. The number of aliphatic hydroxyl groups is 1. The minimum atomic E-state index is -3.31. The molecular weight excluding hydrogens is 246 g/mol. The number of nitrogens with zero attached hydrogens (tertiary/aromatic N) is 1. The predicted octanol–water partition coefficient (Wildman–Crippen LogP) is 1.42. The summed E-state index contributed by atoms with van der Waals surface area (Å²) in [7, 11) is -3.31. The van der Waals surface area contributed by atoms with Gasteiger partial charge in [-0.05, 0) is 25.0 Å². The molecule has 0 radical (unpaired) electrons. The minimum Gasteiger partial charge on any atom is -0.391 e. The molecule has 0 amide bonds. The maximum absolute atomic E-state index is 12.2. The minimum absolute atomic E-state index is 0.0970. The molecule has 2 rings (SSSR count). The first-order valence-electron chi connectivity index (χ1n) is 5.34.